The Morgan fingerprint density at radius 2 is 2.33 bits per heavy atom. The SMILES string of the molecule is C=CCCn1nnnc1CC(=O)NC(C)C(=O)O. The van der Waals surface area contributed by atoms with E-state index >= 15 is 0 Å². The van der Waals surface area contributed by atoms with Gasteiger partial charge < -0.3 is 10.4 Å². The second kappa shape index (κ2) is 6.48. The van der Waals surface area contributed by atoms with Gasteiger partial charge in [-0.25, -0.2) is 4.68 Å². The third-order valence-corrected chi connectivity index (χ3v) is 2.22. The summed E-state index contributed by atoms with van der Waals surface area (Å²) in [5.41, 5.74) is 0. The maximum Gasteiger partial charge on any atom is 0.325 e. The van der Waals surface area contributed by atoms with Crippen LogP contribution in [-0.2, 0) is 22.6 Å². The molecular weight excluding hydrogens is 238 g/mol. The summed E-state index contributed by atoms with van der Waals surface area (Å²) in [4.78, 5) is 22.1. The van der Waals surface area contributed by atoms with Crippen molar-refractivity contribution in [2.24, 2.45) is 0 Å². The number of hydrogen-bond acceptors (Lipinski definition) is 5. The van der Waals surface area contributed by atoms with Gasteiger partial charge in [-0.3, -0.25) is 9.59 Å². The molecule has 1 aromatic rings. The third-order valence-electron chi connectivity index (χ3n) is 2.22. The number of carbonyl (C=O) groups excluding carboxylic acids is 1. The number of aryl methyl sites for hydroxylation is 1. The van der Waals surface area contributed by atoms with Gasteiger partial charge in [-0.1, -0.05) is 6.08 Å². The molecular formula is C10H15N5O3. The first-order valence-corrected chi connectivity index (χ1v) is 5.42. The number of tetrazole rings is 1. The maximum atomic E-state index is 11.5. The van der Waals surface area contributed by atoms with E-state index in [2.05, 4.69) is 27.4 Å². The molecule has 2 N–H and O–H groups in total. The Bertz CT molecular complexity index is 442. The fraction of sp³-hybridized carbons (Fsp3) is 0.500. The lowest BCUT2D eigenvalue weighted by atomic mass is 10.3. The smallest absolute Gasteiger partial charge is 0.325 e. The van der Waals surface area contributed by atoms with E-state index in [-0.39, 0.29) is 6.42 Å². The van der Waals surface area contributed by atoms with E-state index in [1.807, 2.05) is 0 Å². The van der Waals surface area contributed by atoms with Crippen LogP contribution in [0.15, 0.2) is 12.7 Å². The molecule has 98 valence electrons. The molecule has 1 unspecified atom stereocenters. The minimum atomic E-state index is -1.09. The molecule has 0 fully saturated rings. The van der Waals surface area contributed by atoms with Crippen LogP contribution in [0.3, 0.4) is 0 Å². The number of carboxylic acid groups (broad SMARTS) is 1. The van der Waals surface area contributed by atoms with Crippen molar-refractivity contribution >= 4 is 11.9 Å². The predicted molar refractivity (Wildman–Crippen MR) is 61.6 cm³/mol. The highest BCUT2D eigenvalue weighted by molar-refractivity contribution is 5.84. The fourth-order valence-corrected chi connectivity index (χ4v) is 1.23. The molecule has 0 aromatic carbocycles. The number of aromatic nitrogens is 4. The Hall–Kier alpha value is -2.25. The summed E-state index contributed by atoms with van der Waals surface area (Å²) < 4.78 is 1.49. The van der Waals surface area contributed by atoms with Crippen LogP contribution in [0.1, 0.15) is 19.2 Å². The Balaban J connectivity index is 2.56. The molecule has 0 spiro atoms. The van der Waals surface area contributed by atoms with Crippen LogP contribution in [0.25, 0.3) is 0 Å². The summed E-state index contributed by atoms with van der Waals surface area (Å²) in [7, 11) is 0. The topological polar surface area (TPSA) is 110 Å². The summed E-state index contributed by atoms with van der Waals surface area (Å²) in [5.74, 6) is -1.12. The van der Waals surface area contributed by atoms with E-state index in [1.165, 1.54) is 11.6 Å². The number of rotatable bonds is 7. The first-order chi connectivity index (χ1) is 8.54. The average molecular weight is 253 g/mol. The average Bonchev–Trinajstić information content (AvgIpc) is 2.73. The lowest BCUT2D eigenvalue weighted by molar-refractivity contribution is -0.141. The summed E-state index contributed by atoms with van der Waals surface area (Å²) in [6.45, 7) is 5.51. The normalized spacial score (nSPS) is 11.8. The zero-order valence-corrected chi connectivity index (χ0v) is 10.0. The van der Waals surface area contributed by atoms with Crippen molar-refractivity contribution in [3.8, 4) is 0 Å². The minimum Gasteiger partial charge on any atom is -0.480 e. The van der Waals surface area contributed by atoms with Crippen molar-refractivity contribution in [3.63, 3.8) is 0 Å². The van der Waals surface area contributed by atoms with Gasteiger partial charge >= 0.3 is 5.97 Å². The second-order valence-electron chi connectivity index (χ2n) is 3.70. The highest BCUT2D eigenvalue weighted by Gasteiger charge is 2.16. The number of nitrogens with zero attached hydrogens (tertiary/aromatic N) is 4. The van der Waals surface area contributed by atoms with Crippen LogP contribution in [0, 0.1) is 0 Å². The van der Waals surface area contributed by atoms with Gasteiger partial charge in [0.1, 0.15) is 6.04 Å². The summed E-state index contributed by atoms with van der Waals surface area (Å²) in [6, 6.07) is -0.935. The summed E-state index contributed by atoms with van der Waals surface area (Å²) >= 11 is 0. The maximum absolute atomic E-state index is 11.5. The third kappa shape index (κ3) is 3.96. The lowest BCUT2D eigenvalue weighted by Gasteiger charge is -2.08. The number of carboxylic acids is 1. The molecule has 0 saturated heterocycles. The number of allylic oxidation sites excluding steroid dienone is 1. The standard InChI is InChI=1S/C10H15N5O3/c1-3-4-5-15-8(12-13-14-15)6-9(16)11-7(2)10(17)18/h3,7H,1,4-6H2,2H3,(H,11,16)(H,17,18). The fourth-order valence-electron chi connectivity index (χ4n) is 1.23. The van der Waals surface area contributed by atoms with Gasteiger partial charge in [0.05, 0.1) is 6.42 Å². The largest absolute Gasteiger partial charge is 0.480 e. The van der Waals surface area contributed by atoms with E-state index in [0.29, 0.717) is 18.8 Å². The van der Waals surface area contributed by atoms with Crippen molar-refractivity contribution in [2.45, 2.75) is 32.4 Å². The molecule has 0 aliphatic rings. The number of hydrogen-bond donors (Lipinski definition) is 2. The number of nitrogens with one attached hydrogen (secondary N) is 1. The second-order valence-corrected chi connectivity index (χ2v) is 3.70. The summed E-state index contributed by atoms with van der Waals surface area (Å²) in [6.07, 6.45) is 2.35. The van der Waals surface area contributed by atoms with Crippen molar-refractivity contribution in [1.82, 2.24) is 25.5 Å². The molecule has 0 radical (unpaired) electrons. The zero-order valence-electron chi connectivity index (χ0n) is 10.0. The molecule has 0 bridgehead atoms. The molecule has 1 heterocycles. The Labute approximate surface area is 104 Å². The Morgan fingerprint density at radius 1 is 1.61 bits per heavy atom. The molecule has 8 heteroatoms. The predicted octanol–water partition coefficient (Wildman–Crippen LogP) is -0.619. The molecule has 1 aromatic heterocycles. The minimum absolute atomic E-state index is 0.0538. The van der Waals surface area contributed by atoms with Crippen LogP contribution < -0.4 is 5.32 Å². The molecule has 0 saturated carbocycles. The Kier molecular flexibility index (Phi) is 4.97. The van der Waals surface area contributed by atoms with Gasteiger partial charge in [-0.05, 0) is 23.8 Å². The molecule has 8 nitrogen and oxygen atoms in total. The van der Waals surface area contributed by atoms with Gasteiger partial charge in [0.25, 0.3) is 0 Å². The first kappa shape index (κ1) is 13.8. The molecule has 1 amide bonds. The molecule has 0 aliphatic carbocycles. The monoisotopic (exact) mass is 253 g/mol. The van der Waals surface area contributed by atoms with Crippen molar-refractivity contribution in [2.75, 3.05) is 0 Å². The Morgan fingerprint density at radius 3 is 2.94 bits per heavy atom. The van der Waals surface area contributed by atoms with Crippen LogP contribution >= 0.6 is 0 Å². The van der Waals surface area contributed by atoms with Crippen molar-refractivity contribution in [3.05, 3.63) is 18.5 Å². The van der Waals surface area contributed by atoms with Crippen LogP contribution in [0.5, 0.6) is 0 Å². The lowest BCUT2D eigenvalue weighted by Crippen LogP contribution is -2.39. The van der Waals surface area contributed by atoms with E-state index < -0.39 is 17.9 Å². The zero-order chi connectivity index (χ0) is 13.5. The van der Waals surface area contributed by atoms with Gasteiger partial charge in [0.15, 0.2) is 5.82 Å². The molecule has 1 rings (SSSR count). The van der Waals surface area contributed by atoms with Crippen molar-refractivity contribution < 1.29 is 14.7 Å². The van der Waals surface area contributed by atoms with E-state index in [9.17, 15) is 9.59 Å². The highest BCUT2D eigenvalue weighted by atomic mass is 16.4. The van der Waals surface area contributed by atoms with E-state index in [0.717, 1.165) is 0 Å². The van der Waals surface area contributed by atoms with E-state index in [4.69, 9.17) is 5.11 Å². The van der Waals surface area contributed by atoms with Crippen LogP contribution in [0.2, 0.25) is 0 Å². The summed E-state index contributed by atoms with van der Waals surface area (Å²) in [5, 5.41) is 21.9. The van der Waals surface area contributed by atoms with Crippen molar-refractivity contribution in [1.29, 1.82) is 0 Å². The molecule has 1 atom stereocenters. The van der Waals surface area contributed by atoms with E-state index in [1.54, 1.807) is 6.08 Å². The quantitative estimate of drug-likeness (QED) is 0.627. The van der Waals surface area contributed by atoms with Gasteiger partial charge in [0.2, 0.25) is 5.91 Å². The first-order valence-electron chi connectivity index (χ1n) is 5.42. The number of aliphatic carboxylic acids is 1. The molecule has 18 heavy (non-hydrogen) atoms. The van der Waals surface area contributed by atoms with Gasteiger partial charge in [0, 0.05) is 6.54 Å². The number of amides is 1. The molecule has 0 aliphatic heterocycles. The van der Waals surface area contributed by atoms with Crippen LogP contribution in [0.4, 0.5) is 0 Å². The number of carbonyl (C=O) groups is 2. The van der Waals surface area contributed by atoms with Gasteiger partial charge in [-0.2, -0.15) is 0 Å². The van der Waals surface area contributed by atoms with Crippen LogP contribution in [-0.4, -0.2) is 43.2 Å². The van der Waals surface area contributed by atoms with Gasteiger partial charge in [-0.15, -0.1) is 11.7 Å². The highest BCUT2D eigenvalue weighted by Crippen LogP contribution is 1.97.